The van der Waals surface area contributed by atoms with Crippen molar-refractivity contribution >= 4 is 0 Å². The molecular weight excluding hydrogens is 290 g/mol. The molecule has 1 fully saturated rings. The summed E-state index contributed by atoms with van der Waals surface area (Å²) in [7, 11) is 1.59. The number of aromatic nitrogens is 1. The van der Waals surface area contributed by atoms with Crippen molar-refractivity contribution in [1.29, 1.82) is 0 Å². The summed E-state index contributed by atoms with van der Waals surface area (Å²) in [6.07, 6.45) is 3.90. The molecule has 0 bridgehead atoms. The van der Waals surface area contributed by atoms with E-state index in [4.69, 9.17) is 9.47 Å². The van der Waals surface area contributed by atoms with Crippen LogP contribution in [0.1, 0.15) is 36.5 Å². The third-order valence-corrected chi connectivity index (χ3v) is 4.47. The minimum Gasteiger partial charge on any atom is -0.481 e. The quantitative estimate of drug-likeness (QED) is 0.889. The summed E-state index contributed by atoms with van der Waals surface area (Å²) in [6, 6.07) is 12.1. The van der Waals surface area contributed by atoms with Crippen LogP contribution in [-0.4, -0.2) is 23.3 Å². The first kappa shape index (κ1) is 16.0. The summed E-state index contributed by atoms with van der Waals surface area (Å²) >= 11 is 0. The van der Waals surface area contributed by atoms with Gasteiger partial charge in [0.05, 0.1) is 25.4 Å². The molecule has 1 heterocycles. The van der Waals surface area contributed by atoms with Gasteiger partial charge in [0.25, 0.3) is 0 Å². The van der Waals surface area contributed by atoms with E-state index in [1.165, 1.54) is 0 Å². The van der Waals surface area contributed by atoms with E-state index in [1.54, 1.807) is 13.3 Å². The van der Waals surface area contributed by atoms with Gasteiger partial charge >= 0.3 is 0 Å². The van der Waals surface area contributed by atoms with Crippen molar-refractivity contribution in [2.45, 2.75) is 44.5 Å². The predicted molar refractivity (Wildman–Crippen MR) is 88.3 cm³/mol. The van der Waals surface area contributed by atoms with Gasteiger partial charge in [0.1, 0.15) is 0 Å². The minimum atomic E-state index is -0.898. The molecule has 0 saturated heterocycles. The molecule has 0 amide bonds. The highest BCUT2D eigenvalue weighted by molar-refractivity contribution is 5.37. The van der Waals surface area contributed by atoms with Gasteiger partial charge in [-0.15, -0.1) is 0 Å². The Hall–Kier alpha value is -1.91. The molecule has 1 aliphatic carbocycles. The van der Waals surface area contributed by atoms with Crippen molar-refractivity contribution in [3.05, 3.63) is 59.3 Å². The van der Waals surface area contributed by atoms with Gasteiger partial charge in [0.2, 0.25) is 5.88 Å². The number of rotatable bonds is 6. The number of pyridine rings is 1. The van der Waals surface area contributed by atoms with Gasteiger partial charge < -0.3 is 14.6 Å². The average Bonchev–Trinajstić information content (AvgIpc) is 2.58. The standard InChI is InChI=1S/C19H23NO3/c1-3-14-9-17(18(22-2)20-12-14)19(21)10-16(11-19)23-13-15-7-5-4-6-8-15/h4-9,12,16,21H,3,10-11,13H2,1-2H3. The van der Waals surface area contributed by atoms with E-state index in [1.807, 2.05) is 36.4 Å². The van der Waals surface area contributed by atoms with Crippen LogP contribution in [0.3, 0.4) is 0 Å². The van der Waals surface area contributed by atoms with E-state index in [0.29, 0.717) is 25.3 Å². The lowest BCUT2D eigenvalue weighted by Gasteiger charge is -2.43. The van der Waals surface area contributed by atoms with E-state index in [0.717, 1.165) is 23.1 Å². The van der Waals surface area contributed by atoms with E-state index in [2.05, 4.69) is 11.9 Å². The van der Waals surface area contributed by atoms with Crippen molar-refractivity contribution in [3.63, 3.8) is 0 Å². The van der Waals surface area contributed by atoms with Crippen LogP contribution in [0.2, 0.25) is 0 Å². The van der Waals surface area contributed by atoms with E-state index < -0.39 is 5.60 Å². The second kappa shape index (κ2) is 6.69. The first-order valence-electron chi connectivity index (χ1n) is 8.06. The smallest absolute Gasteiger partial charge is 0.219 e. The Bertz CT molecular complexity index is 651. The number of aryl methyl sites for hydroxylation is 1. The minimum absolute atomic E-state index is 0.0650. The second-order valence-corrected chi connectivity index (χ2v) is 6.11. The SMILES string of the molecule is CCc1cnc(OC)c(C2(O)CC(OCc3ccccc3)C2)c1. The van der Waals surface area contributed by atoms with E-state index >= 15 is 0 Å². The van der Waals surface area contributed by atoms with Crippen LogP contribution < -0.4 is 4.74 Å². The molecule has 122 valence electrons. The van der Waals surface area contributed by atoms with Crippen molar-refractivity contribution in [1.82, 2.24) is 4.98 Å². The molecular formula is C19H23NO3. The topological polar surface area (TPSA) is 51.6 Å². The number of aliphatic hydroxyl groups is 1. The molecule has 23 heavy (non-hydrogen) atoms. The summed E-state index contributed by atoms with van der Waals surface area (Å²) in [6.45, 7) is 2.65. The van der Waals surface area contributed by atoms with Crippen LogP contribution in [-0.2, 0) is 23.4 Å². The van der Waals surface area contributed by atoms with Crippen LogP contribution in [0.4, 0.5) is 0 Å². The van der Waals surface area contributed by atoms with Gasteiger partial charge in [-0.05, 0) is 23.6 Å². The molecule has 0 unspecified atom stereocenters. The fourth-order valence-corrected chi connectivity index (χ4v) is 3.00. The largest absolute Gasteiger partial charge is 0.481 e. The van der Waals surface area contributed by atoms with Gasteiger partial charge in [0.15, 0.2) is 0 Å². The predicted octanol–water partition coefficient (Wildman–Crippen LogP) is 3.22. The number of hydrogen-bond donors (Lipinski definition) is 1. The number of hydrogen-bond acceptors (Lipinski definition) is 4. The lowest BCUT2D eigenvalue weighted by Crippen LogP contribution is -2.46. The summed E-state index contributed by atoms with van der Waals surface area (Å²) < 4.78 is 11.2. The van der Waals surface area contributed by atoms with Crippen LogP contribution in [0.25, 0.3) is 0 Å². The van der Waals surface area contributed by atoms with Gasteiger partial charge in [-0.1, -0.05) is 37.3 Å². The third-order valence-electron chi connectivity index (χ3n) is 4.47. The number of methoxy groups -OCH3 is 1. The molecule has 4 heteroatoms. The van der Waals surface area contributed by atoms with Gasteiger partial charge in [-0.2, -0.15) is 0 Å². The lowest BCUT2D eigenvalue weighted by molar-refractivity contribution is -0.150. The summed E-state index contributed by atoms with van der Waals surface area (Å²) in [5, 5.41) is 10.9. The van der Waals surface area contributed by atoms with Gasteiger partial charge in [0, 0.05) is 24.6 Å². The maximum absolute atomic E-state index is 10.9. The van der Waals surface area contributed by atoms with Crippen molar-refractivity contribution < 1.29 is 14.6 Å². The molecule has 0 radical (unpaired) electrons. The Morgan fingerprint density at radius 1 is 1.22 bits per heavy atom. The molecule has 1 N–H and O–H groups in total. The van der Waals surface area contributed by atoms with Crippen LogP contribution in [0.5, 0.6) is 5.88 Å². The highest BCUT2D eigenvalue weighted by Gasteiger charge is 2.46. The summed E-state index contributed by atoms with van der Waals surface area (Å²) in [4.78, 5) is 4.31. The van der Waals surface area contributed by atoms with Gasteiger partial charge in [-0.25, -0.2) is 4.98 Å². The molecule has 3 rings (SSSR count). The fourth-order valence-electron chi connectivity index (χ4n) is 3.00. The Kier molecular flexibility index (Phi) is 4.64. The van der Waals surface area contributed by atoms with E-state index in [-0.39, 0.29) is 6.10 Å². The second-order valence-electron chi connectivity index (χ2n) is 6.11. The molecule has 0 spiro atoms. The Labute approximate surface area is 137 Å². The third kappa shape index (κ3) is 3.38. The summed E-state index contributed by atoms with van der Waals surface area (Å²) in [5.41, 5.74) is 2.13. The molecule has 0 atom stereocenters. The summed E-state index contributed by atoms with van der Waals surface area (Å²) in [5.74, 6) is 0.506. The van der Waals surface area contributed by atoms with Crippen molar-refractivity contribution in [2.75, 3.05) is 7.11 Å². The molecule has 1 aliphatic rings. The monoisotopic (exact) mass is 313 g/mol. The maximum Gasteiger partial charge on any atom is 0.219 e. The number of ether oxygens (including phenoxy) is 2. The van der Waals surface area contributed by atoms with E-state index in [9.17, 15) is 5.11 Å². The molecule has 2 aromatic rings. The zero-order chi connectivity index (χ0) is 16.3. The van der Waals surface area contributed by atoms with Crippen molar-refractivity contribution in [2.24, 2.45) is 0 Å². The molecule has 1 aromatic carbocycles. The maximum atomic E-state index is 10.9. The zero-order valence-corrected chi connectivity index (χ0v) is 13.7. The molecule has 1 saturated carbocycles. The Balaban J connectivity index is 1.64. The zero-order valence-electron chi connectivity index (χ0n) is 13.7. The highest BCUT2D eigenvalue weighted by atomic mass is 16.5. The first-order valence-corrected chi connectivity index (χ1v) is 8.06. The van der Waals surface area contributed by atoms with Crippen molar-refractivity contribution in [3.8, 4) is 5.88 Å². The van der Waals surface area contributed by atoms with Crippen LogP contribution in [0.15, 0.2) is 42.6 Å². The number of benzene rings is 1. The van der Waals surface area contributed by atoms with Gasteiger partial charge in [-0.3, -0.25) is 0 Å². The Morgan fingerprint density at radius 2 is 1.96 bits per heavy atom. The highest BCUT2D eigenvalue weighted by Crippen LogP contribution is 2.46. The molecule has 4 nitrogen and oxygen atoms in total. The molecule has 0 aliphatic heterocycles. The lowest BCUT2D eigenvalue weighted by atomic mass is 9.72. The number of nitrogens with zero attached hydrogens (tertiary/aromatic N) is 1. The first-order chi connectivity index (χ1) is 11.1. The Morgan fingerprint density at radius 3 is 2.61 bits per heavy atom. The molecule has 1 aromatic heterocycles. The van der Waals surface area contributed by atoms with Crippen LogP contribution >= 0.6 is 0 Å². The average molecular weight is 313 g/mol. The fraction of sp³-hybridized carbons (Fsp3) is 0.421. The van der Waals surface area contributed by atoms with Crippen LogP contribution in [0, 0.1) is 0 Å². The normalized spacial score (nSPS) is 23.3.